The van der Waals surface area contributed by atoms with Crippen LogP contribution in [0.1, 0.15) is 0 Å². The van der Waals surface area contributed by atoms with Crippen molar-refractivity contribution in [2.24, 2.45) is 0 Å². The Hall–Kier alpha value is -2.07. The van der Waals surface area contributed by atoms with Crippen LogP contribution in [0, 0.1) is 29.1 Å². The maximum atomic E-state index is 13.7. The maximum absolute atomic E-state index is 13.7. The lowest BCUT2D eigenvalue weighted by atomic mass is 10.3. The third-order valence-corrected chi connectivity index (χ3v) is 4.57. The molecule has 1 N–H and O–H groups in total. The molecule has 0 radical (unpaired) electrons. The molecule has 0 aliphatic heterocycles. The second-order valence-electron chi connectivity index (χ2n) is 4.35. The summed E-state index contributed by atoms with van der Waals surface area (Å²) in [6, 6.07) is 2.69. The Bertz CT molecular complexity index is 891. The number of nitrogens with one attached hydrogen (secondary N) is 1. The van der Waals surface area contributed by atoms with E-state index in [9.17, 15) is 30.4 Å². The van der Waals surface area contributed by atoms with Gasteiger partial charge in [-0.05, 0) is 12.1 Å². The molecule has 0 aliphatic carbocycles. The van der Waals surface area contributed by atoms with Gasteiger partial charge in [0.1, 0.15) is 5.02 Å². The van der Waals surface area contributed by atoms with Gasteiger partial charge in [-0.1, -0.05) is 11.6 Å². The number of ether oxygens (including phenoxy) is 1. The molecule has 0 atom stereocenters. The average Bonchev–Trinajstić information content (AvgIpc) is 2.50. The third-order valence-electron chi connectivity index (χ3n) is 2.84. The van der Waals surface area contributed by atoms with E-state index in [1.807, 2.05) is 0 Å². The molecule has 130 valence electrons. The van der Waals surface area contributed by atoms with Crippen molar-refractivity contribution < 1.29 is 35.1 Å². The number of methoxy groups -OCH3 is 1. The summed E-state index contributed by atoms with van der Waals surface area (Å²) in [4.78, 5) is -1.92. The van der Waals surface area contributed by atoms with Gasteiger partial charge in [-0.25, -0.2) is 30.4 Å². The van der Waals surface area contributed by atoms with Crippen LogP contribution in [0.3, 0.4) is 0 Å². The molecule has 0 saturated heterocycles. The van der Waals surface area contributed by atoms with Gasteiger partial charge in [-0.3, -0.25) is 4.72 Å². The topological polar surface area (TPSA) is 55.4 Å². The first-order valence-corrected chi connectivity index (χ1v) is 7.84. The first-order valence-electron chi connectivity index (χ1n) is 5.98. The van der Waals surface area contributed by atoms with Crippen molar-refractivity contribution in [1.82, 2.24) is 0 Å². The van der Waals surface area contributed by atoms with Gasteiger partial charge in [-0.15, -0.1) is 0 Å². The lowest BCUT2D eigenvalue weighted by Gasteiger charge is -2.12. The highest BCUT2D eigenvalue weighted by Crippen LogP contribution is 2.32. The minimum Gasteiger partial charge on any atom is -0.494 e. The zero-order valence-corrected chi connectivity index (χ0v) is 13.2. The molecule has 0 bridgehead atoms. The molecule has 0 saturated carbocycles. The van der Waals surface area contributed by atoms with Gasteiger partial charge in [0.15, 0.2) is 39.7 Å². The van der Waals surface area contributed by atoms with E-state index in [4.69, 9.17) is 11.6 Å². The molecule has 2 aromatic carbocycles. The summed E-state index contributed by atoms with van der Waals surface area (Å²) in [5.74, 6) is -9.76. The van der Waals surface area contributed by atoms with Gasteiger partial charge < -0.3 is 4.74 Å². The van der Waals surface area contributed by atoms with Crippen molar-refractivity contribution in [2.45, 2.75) is 4.90 Å². The van der Waals surface area contributed by atoms with Crippen LogP contribution < -0.4 is 9.46 Å². The van der Waals surface area contributed by atoms with Gasteiger partial charge in [0, 0.05) is 6.07 Å². The first kappa shape index (κ1) is 18.3. The zero-order valence-electron chi connectivity index (χ0n) is 11.6. The maximum Gasteiger partial charge on any atom is 0.267 e. The Morgan fingerprint density at radius 2 is 1.54 bits per heavy atom. The van der Waals surface area contributed by atoms with Crippen molar-refractivity contribution in [3.05, 3.63) is 52.3 Å². The zero-order chi connectivity index (χ0) is 18.2. The molecule has 0 fully saturated rings. The first-order chi connectivity index (χ1) is 11.1. The third kappa shape index (κ3) is 3.11. The standard InChI is InChI=1S/C13H7ClF5NO3S/c1-23-7-3-2-5(4-6(7)15)20-24(21,22)13-11(18)9(16)8(14)10(17)12(13)19/h2-4,20H,1H3. The van der Waals surface area contributed by atoms with Crippen molar-refractivity contribution in [3.8, 4) is 5.75 Å². The number of hydrogen-bond donors (Lipinski definition) is 1. The molecule has 2 aromatic rings. The van der Waals surface area contributed by atoms with Crippen molar-refractivity contribution in [2.75, 3.05) is 11.8 Å². The van der Waals surface area contributed by atoms with Crippen LogP contribution in [0.2, 0.25) is 5.02 Å². The van der Waals surface area contributed by atoms with Crippen LogP contribution in [-0.4, -0.2) is 15.5 Å². The number of anilines is 1. The Labute approximate surface area is 137 Å². The quantitative estimate of drug-likeness (QED) is 0.492. The fourth-order valence-electron chi connectivity index (χ4n) is 1.76. The Morgan fingerprint density at radius 1 is 1.00 bits per heavy atom. The molecule has 0 aromatic heterocycles. The van der Waals surface area contributed by atoms with Crippen LogP contribution >= 0.6 is 11.6 Å². The minimum atomic E-state index is -5.12. The van der Waals surface area contributed by atoms with E-state index < -0.39 is 54.7 Å². The summed E-state index contributed by atoms with van der Waals surface area (Å²) < 4.78 is 97.9. The van der Waals surface area contributed by atoms with Crippen LogP contribution in [0.5, 0.6) is 5.75 Å². The van der Waals surface area contributed by atoms with Gasteiger partial charge >= 0.3 is 0 Å². The SMILES string of the molecule is COc1ccc(NS(=O)(=O)c2c(F)c(F)c(Cl)c(F)c2F)cc1F. The van der Waals surface area contributed by atoms with Crippen molar-refractivity contribution in [3.63, 3.8) is 0 Å². The fraction of sp³-hybridized carbons (Fsp3) is 0.0769. The highest BCUT2D eigenvalue weighted by Gasteiger charge is 2.32. The predicted octanol–water partition coefficient (Wildman–Crippen LogP) is 3.84. The van der Waals surface area contributed by atoms with Gasteiger partial charge in [0.2, 0.25) is 0 Å². The Morgan fingerprint density at radius 3 is 2.00 bits per heavy atom. The lowest BCUT2D eigenvalue weighted by Crippen LogP contribution is -2.19. The molecule has 4 nitrogen and oxygen atoms in total. The predicted molar refractivity (Wildman–Crippen MR) is 75.0 cm³/mol. The second kappa shape index (κ2) is 6.44. The lowest BCUT2D eigenvalue weighted by molar-refractivity contribution is 0.386. The molecule has 0 aliphatic rings. The van der Waals surface area contributed by atoms with E-state index in [0.717, 1.165) is 19.2 Å². The van der Waals surface area contributed by atoms with Crippen LogP contribution in [0.15, 0.2) is 23.1 Å². The van der Waals surface area contributed by atoms with E-state index in [0.29, 0.717) is 6.07 Å². The summed E-state index contributed by atoms with van der Waals surface area (Å²) >= 11 is 5.02. The summed E-state index contributed by atoms with van der Waals surface area (Å²) in [5, 5.41) is -1.53. The molecule has 24 heavy (non-hydrogen) atoms. The average molecular weight is 388 g/mol. The van der Waals surface area contributed by atoms with E-state index in [2.05, 4.69) is 4.74 Å². The van der Waals surface area contributed by atoms with Crippen LogP contribution in [0.25, 0.3) is 0 Å². The van der Waals surface area contributed by atoms with E-state index in [-0.39, 0.29) is 5.75 Å². The number of rotatable bonds is 4. The number of hydrogen-bond acceptors (Lipinski definition) is 3. The van der Waals surface area contributed by atoms with Crippen LogP contribution in [-0.2, 0) is 10.0 Å². The number of sulfonamides is 1. The van der Waals surface area contributed by atoms with E-state index in [1.54, 1.807) is 4.72 Å². The number of halogens is 6. The van der Waals surface area contributed by atoms with Gasteiger partial charge in [0.05, 0.1) is 12.8 Å². The Kier molecular flexibility index (Phi) is 4.90. The smallest absolute Gasteiger partial charge is 0.267 e. The molecule has 0 amide bonds. The summed E-state index contributed by atoms with van der Waals surface area (Å²) in [7, 11) is -3.96. The molecule has 0 heterocycles. The highest BCUT2D eigenvalue weighted by atomic mass is 35.5. The van der Waals surface area contributed by atoms with Crippen molar-refractivity contribution in [1.29, 1.82) is 0 Å². The Balaban J connectivity index is 2.55. The van der Waals surface area contributed by atoms with Gasteiger partial charge in [0.25, 0.3) is 10.0 Å². The molecule has 0 unspecified atom stereocenters. The van der Waals surface area contributed by atoms with E-state index in [1.165, 1.54) is 0 Å². The summed E-state index contributed by atoms with van der Waals surface area (Å²) in [5.41, 5.74) is -0.456. The fourth-order valence-corrected chi connectivity index (χ4v) is 3.11. The van der Waals surface area contributed by atoms with Gasteiger partial charge in [-0.2, -0.15) is 0 Å². The molecule has 11 heteroatoms. The second-order valence-corrected chi connectivity index (χ2v) is 6.35. The van der Waals surface area contributed by atoms with E-state index >= 15 is 0 Å². The molecular formula is C13H7ClF5NO3S. The monoisotopic (exact) mass is 387 g/mol. The largest absolute Gasteiger partial charge is 0.494 e. The normalized spacial score (nSPS) is 11.5. The summed E-state index contributed by atoms with van der Waals surface area (Å²) in [6.07, 6.45) is 0. The minimum absolute atomic E-state index is 0.223. The molecule has 2 rings (SSSR count). The number of benzene rings is 2. The highest BCUT2D eigenvalue weighted by molar-refractivity contribution is 7.92. The van der Waals surface area contributed by atoms with Crippen molar-refractivity contribution >= 4 is 27.3 Å². The molecular weight excluding hydrogens is 381 g/mol. The van der Waals surface area contributed by atoms with Crippen LogP contribution in [0.4, 0.5) is 27.6 Å². The summed E-state index contributed by atoms with van der Waals surface area (Å²) in [6.45, 7) is 0. The molecule has 0 spiro atoms.